The minimum Gasteiger partial charge on any atom is -0.494 e. The second-order valence-electron chi connectivity index (χ2n) is 3.47. The fourth-order valence-corrected chi connectivity index (χ4v) is 1.29. The molecule has 0 bridgehead atoms. The lowest BCUT2D eigenvalue weighted by molar-refractivity contribution is -0.173. The minimum absolute atomic E-state index is 0.0538. The highest BCUT2D eigenvalue weighted by Crippen LogP contribution is 2.18. The van der Waals surface area contributed by atoms with Gasteiger partial charge in [-0.1, -0.05) is 6.07 Å². The molecule has 0 unspecified atom stereocenters. The van der Waals surface area contributed by atoms with Gasteiger partial charge in [-0.3, -0.25) is 4.79 Å². The van der Waals surface area contributed by atoms with Gasteiger partial charge in [-0.2, -0.15) is 13.2 Å². The number of amides is 1. The summed E-state index contributed by atoms with van der Waals surface area (Å²) in [4.78, 5) is 10.5. The van der Waals surface area contributed by atoms with Crippen molar-refractivity contribution in [3.8, 4) is 5.75 Å². The van der Waals surface area contributed by atoms with E-state index in [-0.39, 0.29) is 18.7 Å². The Morgan fingerprint density at radius 3 is 2.56 bits per heavy atom. The number of rotatable bonds is 4. The van der Waals surface area contributed by atoms with Crippen LogP contribution in [0.4, 0.5) is 17.6 Å². The minimum atomic E-state index is -4.90. The second-order valence-corrected chi connectivity index (χ2v) is 3.47. The highest BCUT2D eigenvalue weighted by molar-refractivity contribution is 5.81. The molecular weight excluding hydrogens is 254 g/mol. The van der Waals surface area contributed by atoms with Crippen molar-refractivity contribution >= 4 is 5.91 Å². The number of nitrogens with one attached hydrogen (secondary N) is 1. The lowest BCUT2D eigenvalue weighted by atomic mass is 10.1. The topological polar surface area (TPSA) is 38.3 Å². The molecule has 0 saturated carbocycles. The maximum atomic E-state index is 13.2. The van der Waals surface area contributed by atoms with Crippen molar-refractivity contribution in [2.75, 3.05) is 13.7 Å². The maximum Gasteiger partial charge on any atom is 0.471 e. The summed E-state index contributed by atoms with van der Waals surface area (Å²) >= 11 is 0. The van der Waals surface area contributed by atoms with E-state index in [4.69, 9.17) is 4.74 Å². The third-order valence-electron chi connectivity index (χ3n) is 2.17. The van der Waals surface area contributed by atoms with Gasteiger partial charge in [-0.15, -0.1) is 0 Å². The van der Waals surface area contributed by atoms with Gasteiger partial charge in [-0.05, 0) is 24.1 Å². The lowest BCUT2D eigenvalue weighted by Crippen LogP contribution is -2.37. The SMILES string of the molecule is COc1ccc(CCNC(=O)C(F)(F)F)cc1F. The fraction of sp³-hybridized carbons (Fsp3) is 0.364. The maximum absolute atomic E-state index is 13.2. The van der Waals surface area contributed by atoms with E-state index in [1.54, 1.807) is 5.32 Å². The van der Waals surface area contributed by atoms with Crippen LogP contribution in [-0.4, -0.2) is 25.7 Å². The molecule has 0 aliphatic heterocycles. The van der Waals surface area contributed by atoms with Crippen LogP contribution in [0, 0.1) is 5.82 Å². The standard InChI is InChI=1S/C11H11F4NO2/c1-18-9-3-2-7(6-8(9)12)4-5-16-10(17)11(13,14)15/h2-3,6H,4-5H2,1H3,(H,16,17). The number of alkyl halides is 3. The molecule has 0 heterocycles. The Morgan fingerprint density at radius 2 is 2.06 bits per heavy atom. The summed E-state index contributed by atoms with van der Waals surface area (Å²) in [6.07, 6.45) is -4.80. The van der Waals surface area contributed by atoms with Crippen molar-refractivity contribution in [2.45, 2.75) is 12.6 Å². The highest BCUT2D eigenvalue weighted by atomic mass is 19.4. The zero-order valence-corrected chi connectivity index (χ0v) is 9.47. The molecule has 1 aromatic carbocycles. The number of carbonyl (C=O) groups is 1. The van der Waals surface area contributed by atoms with E-state index in [1.165, 1.54) is 19.2 Å². The van der Waals surface area contributed by atoms with Gasteiger partial charge in [-0.25, -0.2) is 4.39 Å². The Morgan fingerprint density at radius 1 is 1.39 bits per heavy atom. The average Bonchev–Trinajstić information content (AvgIpc) is 2.28. The molecule has 18 heavy (non-hydrogen) atoms. The molecule has 0 radical (unpaired) electrons. The van der Waals surface area contributed by atoms with Crippen LogP contribution in [0.2, 0.25) is 0 Å². The van der Waals surface area contributed by atoms with Gasteiger partial charge >= 0.3 is 12.1 Å². The average molecular weight is 265 g/mol. The predicted molar refractivity (Wildman–Crippen MR) is 55.7 cm³/mol. The monoisotopic (exact) mass is 265 g/mol. The van der Waals surface area contributed by atoms with Crippen LogP contribution in [-0.2, 0) is 11.2 Å². The first-order chi connectivity index (χ1) is 8.34. The zero-order valence-electron chi connectivity index (χ0n) is 9.47. The molecule has 0 aliphatic carbocycles. The summed E-state index contributed by atoms with van der Waals surface area (Å²) in [6.45, 7) is -0.218. The number of benzene rings is 1. The van der Waals surface area contributed by atoms with Crippen molar-refractivity contribution in [2.24, 2.45) is 0 Å². The van der Waals surface area contributed by atoms with Crippen molar-refractivity contribution in [1.29, 1.82) is 0 Å². The first kappa shape index (κ1) is 14.3. The summed E-state index contributed by atoms with van der Waals surface area (Å²) in [5.41, 5.74) is 0.468. The van der Waals surface area contributed by atoms with E-state index >= 15 is 0 Å². The van der Waals surface area contributed by atoms with Crippen molar-refractivity contribution in [1.82, 2.24) is 5.32 Å². The van der Waals surface area contributed by atoms with Crippen LogP contribution < -0.4 is 10.1 Å². The Kier molecular flexibility index (Phi) is 4.52. The molecule has 100 valence electrons. The first-order valence-corrected chi connectivity index (χ1v) is 5.02. The quantitative estimate of drug-likeness (QED) is 0.846. The summed E-state index contributed by atoms with van der Waals surface area (Å²) in [5.74, 6) is -2.55. The Labute approximate surface area is 101 Å². The summed E-state index contributed by atoms with van der Waals surface area (Å²) < 4.78 is 53.5. The van der Waals surface area contributed by atoms with Gasteiger partial charge in [0.25, 0.3) is 0 Å². The number of hydrogen-bond donors (Lipinski definition) is 1. The lowest BCUT2D eigenvalue weighted by Gasteiger charge is -2.08. The molecule has 0 aromatic heterocycles. The van der Waals surface area contributed by atoms with Crippen LogP contribution in [0.3, 0.4) is 0 Å². The third kappa shape index (κ3) is 3.90. The molecule has 0 aliphatic rings. The van der Waals surface area contributed by atoms with E-state index in [0.717, 1.165) is 6.07 Å². The van der Waals surface area contributed by atoms with Crippen LogP contribution in [0.15, 0.2) is 18.2 Å². The van der Waals surface area contributed by atoms with Gasteiger partial charge < -0.3 is 10.1 Å². The van der Waals surface area contributed by atoms with Crippen LogP contribution in [0.5, 0.6) is 5.75 Å². The smallest absolute Gasteiger partial charge is 0.471 e. The van der Waals surface area contributed by atoms with Gasteiger partial charge in [0.15, 0.2) is 11.6 Å². The zero-order chi connectivity index (χ0) is 13.8. The fourth-order valence-electron chi connectivity index (χ4n) is 1.29. The number of methoxy groups -OCH3 is 1. The molecule has 1 N–H and O–H groups in total. The van der Waals surface area contributed by atoms with Crippen LogP contribution in [0.25, 0.3) is 0 Å². The molecule has 0 spiro atoms. The summed E-state index contributed by atoms with van der Waals surface area (Å²) in [6, 6.07) is 4.04. The van der Waals surface area contributed by atoms with Crippen molar-refractivity contribution in [3.05, 3.63) is 29.6 Å². The van der Waals surface area contributed by atoms with E-state index in [2.05, 4.69) is 0 Å². The Balaban J connectivity index is 2.50. The van der Waals surface area contributed by atoms with E-state index in [9.17, 15) is 22.4 Å². The molecule has 3 nitrogen and oxygen atoms in total. The number of ether oxygens (including phenoxy) is 1. The van der Waals surface area contributed by atoms with Crippen LogP contribution >= 0.6 is 0 Å². The van der Waals surface area contributed by atoms with E-state index < -0.39 is 17.9 Å². The van der Waals surface area contributed by atoms with Gasteiger partial charge in [0, 0.05) is 6.54 Å². The van der Waals surface area contributed by atoms with E-state index in [1.807, 2.05) is 0 Å². The Bertz CT molecular complexity index is 432. The van der Waals surface area contributed by atoms with Crippen molar-refractivity contribution in [3.63, 3.8) is 0 Å². The first-order valence-electron chi connectivity index (χ1n) is 5.02. The summed E-state index contributed by atoms with van der Waals surface area (Å²) in [5, 5.41) is 1.70. The highest BCUT2D eigenvalue weighted by Gasteiger charge is 2.38. The number of carbonyl (C=O) groups excluding carboxylic acids is 1. The molecule has 1 aromatic rings. The van der Waals surface area contributed by atoms with Gasteiger partial charge in [0.1, 0.15) is 0 Å². The molecule has 0 saturated heterocycles. The van der Waals surface area contributed by atoms with Gasteiger partial charge in [0.05, 0.1) is 7.11 Å². The molecule has 7 heteroatoms. The molecular formula is C11H11F4NO2. The molecule has 0 atom stereocenters. The largest absolute Gasteiger partial charge is 0.494 e. The number of hydrogen-bond acceptors (Lipinski definition) is 2. The van der Waals surface area contributed by atoms with Crippen LogP contribution in [0.1, 0.15) is 5.56 Å². The predicted octanol–water partition coefficient (Wildman–Crippen LogP) is 2.06. The molecule has 1 rings (SSSR count). The van der Waals surface area contributed by atoms with Gasteiger partial charge in [0.2, 0.25) is 0 Å². The summed E-state index contributed by atoms with van der Waals surface area (Å²) in [7, 11) is 1.31. The van der Waals surface area contributed by atoms with E-state index in [0.29, 0.717) is 5.56 Å². The number of halogens is 4. The second kappa shape index (κ2) is 5.70. The molecule has 1 amide bonds. The molecule has 0 fully saturated rings. The van der Waals surface area contributed by atoms with Crippen molar-refractivity contribution < 1.29 is 27.1 Å². The third-order valence-corrected chi connectivity index (χ3v) is 2.17. The normalized spacial score (nSPS) is 11.2. The Hall–Kier alpha value is -1.79.